The molecule has 0 bridgehead atoms. The molecule has 1 aromatic carbocycles. The van der Waals surface area contributed by atoms with Gasteiger partial charge in [-0.1, -0.05) is 18.1 Å². The molecule has 0 aliphatic carbocycles. The van der Waals surface area contributed by atoms with Crippen LogP contribution in [0, 0.1) is 19.3 Å². The number of aryl methyl sites for hydroxylation is 1. The van der Waals surface area contributed by atoms with Crippen molar-refractivity contribution in [1.29, 1.82) is 0 Å². The summed E-state index contributed by atoms with van der Waals surface area (Å²) in [6, 6.07) is 8.61. The molecule has 29 heavy (non-hydrogen) atoms. The predicted octanol–water partition coefficient (Wildman–Crippen LogP) is 2.36. The molecule has 3 aromatic heterocycles. The van der Waals surface area contributed by atoms with Crippen LogP contribution in [-0.4, -0.2) is 25.1 Å². The van der Waals surface area contributed by atoms with E-state index in [9.17, 15) is 9.59 Å². The van der Waals surface area contributed by atoms with E-state index in [1.54, 1.807) is 43.0 Å². The summed E-state index contributed by atoms with van der Waals surface area (Å²) in [6.45, 7) is 3.60. The first kappa shape index (κ1) is 18.4. The van der Waals surface area contributed by atoms with E-state index in [1.165, 1.54) is 4.57 Å². The van der Waals surface area contributed by atoms with Gasteiger partial charge in [-0.05, 0) is 37.4 Å². The number of hydrogen-bond acceptors (Lipinski definition) is 4. The van der Waals surface area contributed by atoms with Crippen LogP contribution in [0.3, 0.4) is 0 Å². The molecule has 0 spiro atoms. The number of carbonyl (C=O) groups excluding carboxylic acids is 1. The number of nitrogens with one attached hydrogen (secondary N) is 1. The van der Waals surface area contributed by atoms with E-state index in [0.29, 0.717) is 33.5 Å². The third kappa shape index (κ3) is 2.95. The highest BCUT2D eigenvalue weighted by Gasteiger charge is 2.22. The van der Waals surface area contributed by atoms with Crippen molar-refractivity contribution in [2.75, 3.05) is 0 Å². The summed E-state index contributed by atoms with van der Waals surface area (Å²) in [6.07, 6.45) is 8.90. The van der Waals surface area contributed by atoms with Gasteiger partial charge < -0.3 is 9.88 Å². The van der Waals surface area contributed by atoms with Crippen LogP contribution in [0.5, 0.6) is 0 Å². The van der Waals surface area contributed by atoms with Crippen molar-refractivity contribution in [2.24, 2.45) is 7.05 Å². The Labute approximate surface area is 167 Å². The maximum atomic E-state index is 13.0. The Morgan fingerprint density at radius 2 is 2.10 bits per heavy atom. The van der Waals surface area contributed by atoms with E-state index < -0.39 is 6.04 Å². The van der Waals surface area contributed by atoms with Gasteiger partial charge in [0.1, 0.15) is 5.56 Å². The van der Waals surface area contributed by atoms with Gasteiger partial charge in [-0.3, -0.25) is 9.59 Å². The van der Waals surface area contributed by atoms with Crippen LogP contribution in [0.4, 0.5) is 0 Å². The molecule has 0 saturated heterocycles. The molecule has 144 valence electrons. The number of terminal acetylenes is 1. The number of pyridine rings is 1. The Bertz CT molecular complexity index is 1370. The van der Waals surface area contributed by atoms with Gasteiger partial charge in [0.2, 0.25) is 0 Å². The lowest BCUT2D eigenvalue weighted by molar-refractivity contribution is 0.0939. The number of hydrogen-bond donors (Lipinski definition) is 1. The van der Waals surface area contributed by atoms with Crippen LogP contribution in [-0.2, 0) is 7.05 Å². The maximum absolute atomic E-state index is 13.0. The molecule has 0 fully saturated rings. The highest BCUT2D eigenvalue weighted by atomic mass is 16.2. The van der Waals surface area contributed by atoms with Crippen LogP contribution < -0.4 is 10.9 Å². The third-order valence-corrected chi connectivity index (χ3v) is 5.05. The quantitative estimate of drug-likeness (QED) is 0.549. The highest BCUT2D eigenvalue weighted by Crippen LogP contribution is 2.21. The van der Waals surface area contributed by atoms with Crippen molar-refractivity contribution < 1.29 is 4.79 Å². The molecule has 4 aromatic rings. The number of amides is 1. The van der Waals surface area contributed by atoms with Gasteiger partial charge in [-0.15, -0.1) is 6.42 Å². The van der Waals surface area contributed by atoms with Crippen molar-refractivity contribution in [3.05, 3.63) is 75.6 Å². The van der Waals surface area contributed by atoms with Crippen LogP contribution >= 0.6 is 0 Å². The summed E-state index contributed by atoms with van der Waals surface area (Å²) in [5.74, 6) is 2.26. The van der Waals surface area contributed by atoms with E-state index in [2.05, 4.69) is 21.3 Å². The molecule has 1 atom stereocenters. The topological polar surface area (TPSA) is 81.3 Å². The van der Waals surface area contributed by atoms with Gasteiger partial charge in [-0.25, -0.2) is 9.50 Å². The first-order chi connectivity index (χ1) is 13.9. The van der Waals surface area contributed by atoms with Gasteiger partial charge in [0.25, 0.3) is 11.5 Å². The third-order valence-electron chi connectivity index (χ3n) is 5.05. The summed E-state index contributed by atoms with van der Waals surface area (Å²) in [7, 11) is 1.68. The summed E-state index contributed by atoms with van der Waals surface area (Å²) < 4.78 is 3.09. The lowest BCUT2D eigenvalue weighted by Crippen LogP contribution is -2.32. The molecule has 7 nitrogen and oxygen atoms in total. The van der Waals surface area contributed by atoms with E-state index in [-0.39, 0.29) is 11.5 Å². The summed E-state index contributed by atoms with van der Waals surface area (Å²) in [4.78, 5) is 30.1. The van der Waals surface area contributed by atoms with Crippen molar-refractivity contribution >= 4 is 22.3 Å². The second-order valence-electron chi connectivity index (χ2n) is 6.89. The van der Waals surface area contributed by atoms with Gasteiger partial charge in [0.05, 0.1) is 17.1 Å². The lowest BCUT2D eigenvalue weighted by Gasteiger charge is -2.18. The second kappa shape index (κ2) is 6.91. The van der Waals surface area contributed by atoms with Gasteiger partial charge in [-0.2, -0.15) is 5.10 Å². The monoisotopic (exact) mass is 385 g/mol. The van der Waals surface area contributed by atoms with E-state index in [0.717, 1.165) is 5.39 Å². The van der Waals surface area contributed by atoms with Gasteiger partial charge in [0, 0.05) is 30.7 Å². The molecule has 1 N–H and O–H groups in total. The SMILES string of the molecule is C#Cc1cccc2cc([C@H](C)NC(=O)c3c(C)nn4cccnc34)n(C)c(=O)c12. The average Bonchev–Trinajstić information content (AvgIpc) is 3.05. The molecule has 0 aliphatic heterocycles. The number of benzene rings is 1. The Morgan fingerprint density at radius 3 is 2.86 bits per heavy atom. The summed E-state index contributed by atoms with van der Waals surface area (Å²) in [5, 5.41) is 8.53. The number of fused-ring (bicyclic) bond motifs is 2. The lowest BCUT2D eigenvalue weighted by atomic mass is 10.0. The fourth-order valence-corrected chi connectivity index (χ4v) is 3.61. The van der Waals surface area contributed by atoms with Crippen molar-refractivity contribution in [1.82, 2.24) is 24.5 Å². The molecule has 4 rings (SSSR count). The van der Waals surface area contributed by atoms with Gasteiger partial charge in [0.15, 0.2) is 5.65 Å². The summed E-state index contributed by atoms with van der Waals surface area (Å²) in [5.41, 5.74) is 2.52. The minimum Gasteiger partial charge on any atom is -0.344 e. The zero-order valence-electron chi connectivity index (χ0n) is 16.3. The number of carbonyl (C=O) groups is 1. The molecule has 0 saturated carbocycles. The molecular formula is C22H19N5O2. The average molecular weight is 385 g/mol. The highest BCUT2D eigenvalue weighted by molar-refractivity contribution is 6.01. The normalized spacial score (nSPS) is 12.1. The molecule has 0 unspecified atom stereocenters. The first-order valence-corrected chi connectivity index (χ1v) is 9.12. The minimum atomic E-state index is -0.419. The van der Waals surface area contributed by atoms with Crippen LogP contribution in [0.25, 0.3) is 16.4 Å². The number of aromatic nitrogens is 4. The Hall–Kier alpha value is -3.92. The Morgan fingerprint density at radius 1 is 1.31 bits per heavy atom. The summed E-state index contributed by atoms with van der Waals surface area (Å²) >= 11 is 0. The fourth-order valence-electron chi connectivity index (χ4n) is 3.61. The fraction of sp³-hybridized carbons (Fsp3) is 0.182. The minimum absolute atomic E-state index is 0.194. The van der Waals surface area contributed by atoms with Crippen LogP contribution in [0.2, 0.25) is 0 Å². The van der Waals surface area contributed by atoms with Crippen molar-refractivity contribution in [3.63, 3.8) is 0 Å². The zero-order valence-corrected chi connectivity index (χ0v) is 16.3. The molecule has 3 heterocycles. The van der Waals surface area contributed by atoms with Gasteiger partial charge >= 0.3 is 0 Å². The molecule has 1 amide bonds. The van der Waals surface area contributed by atoms with Crippen molar-refractivity contribution in [2.45, 2.75) is 19.9 Å². The maximum Gasteiger partial charge on any atom is 0.259 e. The Balaban J connectivity index is 1.74. The zero-order chi connectivity index (χ0) is 20.7. The largest absolute Gasteiger partial charge is 0.344 e. The van der Waals surface area contributed by atoms with Crippen LogP contribution in [0.1, 0.15) is 40.3 Å². The van der Waals surface area contributed by atoms with E-state index in [1.807, 2.05) is 25.1 Å². The molecule has 0 radical (unpaired) electrons. The molecule has 7 heteroatoms. The van der Waals surface area contributed by atoms with E-state index in [4.69, 9.17) is 6.42 Å². The number of nitrogens with zero attached hydrogens (tertiary/aromatic N) is 4. The molecule has 0 aliphatic rings. The molecular weight excluding hydrogens is 366 g/mol. The van der Waals surface area contributed by atoms with E-state index >= 15 is 0 Å². The smallest absolute Gasteiger partial charge is 0.259 e. The predicted molar refractivity (Wildman–Crippen MR) is 111 cm³/mol. The van der Waals surface area contributed by atoms with Crippen molar-refractivity contribution in [3.8, 4) is 12.3 Å². The number of rotatable bonds is 3. The standard InChI is InChI=1S/C22H19N5O2/c1-5-15-8-6-9-16-12-17(26(4)22(29)19(15)16)13(2)24-21(28)18-14(3)25-27-11-7-10-23-20(18)27/h1,6-13H,2-4H3,(H,24,28)/t13-/m0/s1. The second-order valence-corrected chi connectivity index (χ2v) is 6.89. The van der Waals surface area contributed by atoms with Crippen LogP contribution in [0.15, 0.2) is 47.5 Å². The Kier molecular flexibility index (Phi) is 4.40. The first-order valence-electron chi connectivity index (χ1n) is 9.12.